The van der Waals surface area contributed by atoms with E-state index in [-0.39, 0.29) is 12.5 Å². The summed E-state index contributed by atoms with van der Waals surface area (Å²) in [5.74, 6) is -0.0479. The number of amides is 1. The molecule has 2 N–H and O–H groups in total. The normalized spacial score (nSPS) is 17.7. The molecule has 0 unspecified atom stereocenters. The van der Waals surface area contributed by atoms with Crippen LogP contribution in [0.4, 0.5) is 0 Å². The van der Waals surface area contributed by atoms with Gasteiger partial charge < -0.3 is 10.4 Å². The SMILES string of the molecule is O=C(Cc1cccc(Cl)c1)NC1(CO)CCCC1. The highest BCUT2D eigenvalue weighted by atomic mass is 35.5. The Morgan fingerprint density at radius 3 is 2.72 bits per heavy atom. The first-order valence-corrected chi connectivity index (χ1v) is 6.68. The number of rotatable bonds is 4. The van der Waals surface area contributed by atoms with E-state index in [1.807, 2.05) is 12.1 Å². The number of aliphatic hydroxyl groups is 1. The molecule has 3 nitrogen and oxygen atoms in total. The smallest absolute Gasteiger partial charge is 0.224 e. The van der Waals surface area contributed by atoms with Gasteiger partial charge in [-0.15, -0.1) is 0 Å². The van der Waals surface area contributed by atoms with E-state index < -0.39 is 5.54 Å². The van der Waals surface area contributed by atoms with Crippen molar-refractivity contribution >= 4 is 17.5 Å². The van der Waals surface area contributed by atoms with Gasteiger partial charge in [0.05, 0.1) is 18.6 Å². The minimum absolute atomic E-state index is 0.0221. The van der Waals surface area contributed by atoms with Gasteiger partial charge in [0.2, 0.25) is 5.91 Å². The third-order valence-corrected chi connectivity index (χ3v) is 3.76. The first kappa shape index (κ1) is 13.4. The summed E-state index contributed by atoms with van der Waals surface area (Å²) in [7, 11) is 0. The zero-order chi connectivity index (χ0) is 13.0. The van der Waals surface area contributed by atoms with E-state index >= 15 is 0 Å². The van der Waals surface area contributed by atoms with Crippen molar-refractivity contribution in [3.8, 4) is 0 Å². The van der Waals surface area contributed by atoms with E-state index in [0.29, 0.717) is 11.4 Å². The summed E-state index contributed by atoms with van der Waals surface area (Å²) in [6, 6.07) is 7.30. The number of aliphatic hydroxyl groups excluding tert-OH is 1. The first-order valence-electron chi connectivity index (χ1n) is 6.30. The van der Waals surface area contributed by atoms with Crippen LogP contribution in [-0.2, 0) is 11.2 Å². The topological polar surface area (TPSA) is 49.3 Å². The number of hydrogen-bond acceptors (Lipinski definition) is 2. The summed E-state index contributed by atoms with van der Waals surface area (Å²) in [5.41, 5.74) is 0.501. The average Bonchev–Trinajstić information content (AvgIpc) is 2.78. The number of nitrogens with one attached hydrogen (secondary N) is 1. The van der Waals surface area contributed by atoms with Gasteiger partial charge in [-0.1, -0.05) is 36.6 Å². The van der Waals surface area contributed by atoms with Crippen LogP contribution in [0.5, 0.6) is 0 Å². The van der Waals surface area contributed by atoms with E-state index in [4.69, 9.17) is 11.6 Å². The standard InChI is InChI=1S/C14H18ClNO2/c15-12-5-3-4-11(8-12)9-13(18)16-14(10-17)6-1-2-7-14/h3-5,8,17H,1-2,6-7,9-10H2,(H,16,18). The third kappa shape index (κ3) is 3.24. The largest absolute Gasteiger partial charge is 0.394 e. The lowest BCUT2D eigenvalue weighted by Gasteiger charge is -2.28. The van der Waals surface area contributed by atoms with Crippen LogP contribution in [0.15, 0.2) is 24.3 Å². The minimum atomic E-state index is -0.393. The summed E-state index contributed by atoms with van der Waals surface area (Å²) in [4.78, 5) is 12.0. The molecule has 0 bridgehead atoms. The van der Waals surface area contributed by atoms with Gasteiger partial charge in [-0.05, 0) is 30.5 Å². The summed E-state index contributed by atoms with van der Waals surface area (Å²) in [6.45, 7) is 0.0221. The van der Waals surface area contributed by atoms with Crippen LogP contribution in [0.25, 0.3) is 0 Å². The Balaban J connectivity index is 1.96. The molecule has 1 aliphatic carbocycles. The number of carbonyl (C=O) groups excluding carboxylic acids is 1. The van der Waals surface area contributed by atoms with Gasteiger partial charge in [0, 0.05) is 5.02 Å². The molecule has 1 aliphatic rings. The second kappa shape index (κ2) is 5.72. The lowest BCUT2D eigenvalue weighted by molar-refractivity contribution is -0.122. The Labute approximate surface area is 112 Å². The highest BCUT2D eigenvalue weighted by molar-refractivity contribution is 6.30. The molecule has 0 heterocycles. The predicted molar refractivity (Wildman–Crippen MR) is 71.6 cm³/mol. The summed E-state index contributed by atoms with van der Waals surface area (Å²) < 4.78 is 0. The molecule has 0 aliphatic heterocycles. The molecule has 1 fully saturated rings. The minimum Gasteiger partial charge on any atom is -0.394 e. The molecule has 18 heavy (non-hydrogen) atoms. The van der Waals surface area contributed by atoms with Crippen LogP contribution in [-0.4, -0.2) is 23.2 Å². The first-order chi connectivity index (χ1) is 8.63. The van der Waals surface area contributed by atoms with E-state index in [2.05, 4.69) is 5.32 Å². The van der Waals surface area contributed by atoms with Gasteiger partial charge >= 0.3 is 0 Å². The average molecular weight is 268 g/mol. The summed E-state index contributed by atoms with van der Waals surface area (Å²) in [5, 5.41) is 13.1. The van der Waals surface area contributed by atoms with Crippen molar-refractivity contribution in [2.24, 2.45) is 0 Å². The highest BCUT2D eigenvalue weighted by Gasteiger charge is 2.34. The molecule has 0 atom stereocenters. The van der Waals surface area contributed by atoms with Crippen molar-refractivity contribution in [2.75, 3.05) is 6.61 Å². The van der Waals surface area contributed by atoms with Gasteiger partial charge in [0.15, 0.2) is 0 Å². The Morgan fingerprint density at radius 2 is 2.11 bits per heavy atom. The molecule has 1 aromatic rings. The van der Waals surface area contributed by atoms with Crippen molar-refractivity contribution in [1.82, 2.24) is 5.32 Å². The molecular weight excluding hydrogens is 250 g/mol. The molecule has 1 amide bonds. The Kier molecular flexibility index (Phi) is 4.25. The number of benzene rings is 1. The fourth-order valence-corrected chi connectivity index (χ4v) is 2.76. The van der Waals surface area contributed by atoms with Crippen molar-refractivity contribution in [2.45, 2.75) is 37.6 Å². The second-order valence-electron chi connectivity index (χ2n) is 5.00. The van der Waals surface area contributed by atoms with Crippen LogP contribution < -0.4 is 5.32 Å². The Hall–Kier alpha value is -1.06. The Bertz CT molecular complexity index is 428. The third-order valence-electron chi connectivity index (χ3n) is 3.52. The van der Waals surface area contributed by atoms with Crippen LogP contribution >= 0.6 is 11.6 Å². The van der Waals surface area contributed by atoms with E-state index in [9.17, 15) is 9.90 Å². The maximum absolute atomic E-state index is 12.0. The van der Waals surface area contributed by atoms with Gasteiger partial charge in [0.25, 0.3) is 0 Å². The maximum atomic E-state index is 12.0. The number of hydrogen-bond donors (Lipinski definition) is 2. The molecule has 0 saturated heterocycles. The van der Waals surface area contributed by atoms with E-state index in [1.165, 1.54) is 0 Å². The molecule has 98 valence electrons. The van der Waals surface area contributed by atoms with Gasteiger partial charge in [0.1, 0.15) is 0 Å². The molecule has 2 rings (SSSR count). The number of halogens is 1. The molecule has 4 heteroatoms. The fraction of sp³-hybridized carbons (Fsp3) is 0.500. The monoisotopic (exact) mass is 267 g/mol. The van der Waals surface area contributed by atoms with Crippen molar-refractivity contribution < 1.29 is 9.90 Å². The van der Waals surface area contributed by atoms with Crippen molar-refractivity contribution in [1.29, 1.82) is 0 Å². The molecular formula is C14H18ClNO2. The highest BCUT2D eigenvalue weighted by Crippen LogP contribution is 2.29. The second-order valence-corrected chi connectivity index (χ2v) is 5.44. The van der Waals surface area contributed by atoms with Crippen LogP contribution in [0.2, 0.25) is 5.02 Å². The van der Waals surface area contributed by atoms with Crippen molar-refractivity contribution in [3.05, 3.63) is 34.9 Å². The summed E-state index contributed by atoms with van der Waals surface area (Å²) >= 11 is 5.88. The van der Waals surface area contributed by atoms with Crippen LogP contribution in [0.3, 0.4) is 0 Å². The lowest BCUT2D eigenvalue weighted by atomic mass is 9.98. The Morgan fingerprint density at radius 1 is 1.39 bits per heavy atom. The quantitative estimate of drug-likeness (QED) is 0.880. The number of carbonyl (C=O) groups is 1. The molecule has 0 spiro atoms. The maximum Gasteiger partial charge on any atom is 0.224 e. The molecule has 1 saturated carbocycles. The van der Waals surface area contributed by atoms with E-state index in [1.54, 1.807) is 12.1 Å². The van der Waals surface area contributed by atoms with Crippen molar-refractivity contribution in [3.63, 3.8) is 0 Å². The molecule has 1 aromatic carbocycles. The van der Waals surface area contributed by atoms with Gasteiger partial charge in [-0.3, -0.25) is 4.79 Å². The molecule has 0 radical (unpaired) electrons. The van der Waals surface area contributed by atoms with Gasteiger partial charge in [-0.2, -0.15) is 0 Å². The van der Waals surface area contributed by atoms with Gasteiger partial charge in [-0.25, -0.2) is 0 Å². The van der Waals surface area contributed by atoms with Crippen LogP contribution in [0.1, 0.15) is 31.2 Å². The van der Waals surface area contributed by atoms with Crippen LogP contribution in [0, 0.1) is 0 Å². The predicted octanol–water partition coefficient (Wildman–Crippen LogP) is 2.30. The molecule has 0 aromatic heterocycles. The zero-order valence-electron chi connectivity index (χ0n) is 10.3. The summed E-state index contributed by atoms with van der Waals surface area (Å²) in [6.07, 6.45) is 4.17. The fourth-order valence-electron chi connectivity index (χ4n) is 2.55. The lowest BCUT2D eigenvalue weighted by Crippen LogP contribution is -2.49. The zero-order valence-corrected chi connectivity index (χ0v) is 11.0. The van der Waals surface area contributed by atoms with E-state index in [0.717, 1.165) is 31.2 Å².